The summed E-state index contributed by atoms with van der Waals surface area (Å²) in [5, 5.41) is 0. The van der Waals surface area contributed by atoms with Crippen LogP contribution in [0.2, 0.25) is 0 Å². The van der Waals surface area contributed by atoms with Crippen molar-refractivity contribution in [2.75, 3.05) is 0 Å². The van der Waals surface area contributed by atoms with Gasteiger partial charge in [0.05, 0.1) is 0 Å². The third kappa shape index (κ3) is 1.13. The monoisotopic (exact) mass is 212 g/mol. The molecule has 0 nitrogen and oxygen atoms in total. The largest absolute Gasteiger partial charge is 0.165 e. The van der Waals surface area contributed by atoms with Crippen molar-refractivity contribution in [3.05, 3.63) is 41.0 Å². The number of alkyl halides is 2. The van der Waals surface area contributed by atoms with Crippen LogP contribution in [-0.2, 0) is 4.33 Å². The fraction of sp³-hybridized carbons (Fsp3) is 0.273. The van der Waals surface area contributed by atoms with E-state index in [-0.39, 0.29) is 0 Å². The molecule has 0 fully saturated rings. The fourth-order valence-corrected chi connectivity index (χ4v) is 2.34. The van der Waals surface area contributed by atoms with Crippen LogP contribution >= 0.6 is 23.2 Å². The molecule has 1 aliphatic carbocycles. The van der Waals surface area contributed by atoms with E-state index in [4.69, 9.17) is 23.2 Å². The summed E-state index contributed by atoms with van der Waals surface area (Å²) in [6.07, 6.45) is 0. The topological polar surface area (TPSA) is 0 Å². The Kier molecular flexibility index (Phi) is 1.94. The van der Waals surface area contributed by atoms with Crippen molar-refractivity contribution in [1.82, 2.24) is 0 Å². The lowest BCUT2D eigenvalue weighted by atomic mass is 10.1. The highest BCUT2D eigenvalue weighted by Gasteiger charge is 2.37. The molecule has 1 aromatic carbocycles. The normalized spacial score (nSPS) is 19.1. The van der Waals surface area contributed by atoms with Gasteiger partial charge in [-0.15, -0.1) is 0 Å². The van der Waals surface area contributed by atoms with Crippen molar-refractivity contribution in [2.45, 2.75) is 18.2 Å². The van der Waals surface area contributed by atoms with Crippen LogP contribution in [0.15, 0.2) is 29.8 Å². The van der Waals surface area contributed by atoms with E-state index in [0.717, 1.165) is 11.1 Å². The summed E-state index contributed by atoms with van der Waals surface area (Å²) in [5.74, 6) is 0. The van der Waals surface area contributed by atoms with Gasteiger partial charge in [0.1, 0.15) is 0 Å². The molecular weight excluding hydrogens is 203 g/mol. The maximum Gasteiger partial charge on any atom is 0.165 e. The van der Waals surface area contributed by atoms with E-state index in [2.05, 4.69) is 13.0 Å². The summed E-state index contributed by atoms with van der Waals surface area (Å²) in [7, 11) is 0. The fourth-order valence-electron chi connectivity index (χ4n) is 1.72. The van der Waals surface area contributed by atoms with Crippen molar-refractivity contribution in [3.63, 3.8) is 0 Å². The first-order valence-electron chi connectivity index (χ1n) is 4.21. The SMILES string of the molecule is CC1=C(C)C(Cl)(Cl)c2ccccc21. The van der Waals surface area contributed by atoms with Crippen LogP contribution in [0.25, 0.3) is 5.57 Å². The van der Waals surface area contributed by atoms with E-state index in [1.54, 1.807) is 0 Å². The Balaban J connectivity index is 2.74. The second-order valence-corrected chi connectivity index (χ2v) is 4.70. The Hall–Kier alpha value is -0.460. The van der Waals surface area contributed by atoms with Crippen LogP contribution in [0, 0.1) is 0 Å². The van der Waals surface area contributed by atoms with Gasteiger partial charge in [-0.05, 0) is 36.1 Å². The molecule has 1 aromatic rings. The lowest BCUT2D eigenvalue weighted by Gasteiger charge is -2.15. The Morgan fingerprint density at radius 1 is 1.08 bits per heavy atom. The first-order chi connectivity index (χ1) is 6.05. The highest BCUT2D eigenvalue weighted by Crippen LogP contribution is 2.51. The van der Waals surface area contributed by atoms with Crippen molar-refractivity contribution in [3.8, 4) is 0 Å². The van der Waals surface area contributed by atoms with Gasteiger partial charge in [-0.1, -0.05) is 47.5 Å². The molecular formula is C11H10Cl2. The van der Waals surface area contributed by atoms with E-state index in [1.165, 1.54) is 11.1 Å². The summed E-state index contributed by atoms with van der Waals surface area (Å²) in [6, 6.07) is 8.00. The molecule has 0 radical (unpaired) electrons. The molecule has 0 spiro atoms. The predicted octanol–water partition coefficient (Wildman–Crippen LogP) is 4.12. The molecule has 0 saturated carbocycles. The summed E-state index contributed by atoms with van der Waals surface area (Å²) in [4.78, 5) is 0. The Morgan fingerprint density at radius 3 is 2.31 bits per heavy atom. The maximum absolute atomic E-state index is 6.25. The lowest BCUT2D eigenvalue weighted by molar-refractivity contribution is 1.04. The van der Waals surface area contributed by atoms with Crippen molar-refractivity contribution in [2.24, 2.45) is 0 Å². The zero-order valence-corrected chi connectivity index (χ0v) is 9.08. The molecule has 68 valence electrons. The zero-order chi connectivity index (χ0) is 9.64. The first kappa shape index (κ1) is 9.11. The summed E-state index contributed by atoms with van der Waals surface area (Å²) in [5.41, 5.74) is 4.41. The molecule has 13 heavy (non-hydrogen) atoms. The molecule has 2 rings (SSSR count). The van der Waals surface area contributed by atoms with Crippen LogP contribution in [0.4, 0.5) is 0 Å². The highest BCUT2D eigenvalue weighted by molar-refractivity contribution is 6.51. The second-order valence-electron chi connectivity index (χ2n) is 3.37. The van der Waals surface area contributed by atoms with E-state index in [0.29, 0.717) is 0 Å². The predicted molar refractivity (Wildman–Crippen MR) is 58.1 cm³/mol. The van der Waals surface area contributed by atoms with Crippen molar-refractivity contribution >= 4 is 28.8 Å². The molecule has 2 heteroatoms. The van der Waals surface area contributed by atoms with Gasteiger partial charge in [0, 0.05) is 0 Å². The van der Waals surface area contributed by atoms with Crippen LogP contribution < -0.4 is 0 Å². The number of rotatable bonds is 0. The molecule has 0 aliphatic heterocycles. The minimum absolute atomic E-state index is 0.819. The number of fused-ring (bicyclic) bond motifs is 1. The number of hydrogen-bond acceptors (Lipinski definition) is 0. The molecule has 0 saturated heterocycles. The molecule has 0 bridgehead atoms. The van der Waals surface area contributed by atoms with Crippen molar-refractivity contribution < 1.29 is 0 Å². The van der Waals surface area contributed by atoms with Gasteiger partial charge < -0.3 is 0 Å². The zero-order valence-electron chi connectivity index (χ0n) is 7.57. The molecule has 0 amide bonds. The third-order valence-corrected chi connectivity index (χ3v) is 3.68. The van der Waals surface area contributed by atoms with E-state index in [1.807, 2.05) is 25.1 Å². The minimum atomic E-state index is -0.819. The summed E-state index contributed by atoms with van der Waals surface area (Å²) in [6.45, 7) is 4.04. The van der Waals surface area contributed by atoms with Gasteiger partial charge in [0.25, 0.3) is 0 Å². The number of halogens is 2. The molecule has 1 aliphatic rings. The molecule has 0 N–H and O–H groups in total. The molecule has 0 unspecified atom stereocenters. The van der Waals surface area contributed by atoms with Crippen LogP contribution in [0.3, 0.4) is 0 Å². The standard InChI is InChI=1S/C11H10Cl2/c1-7-8(2)11(12,13)10-6-4-3-5-9(7)10/h3-6H,1-2H3. The van der Waals surface area contributed by atoms with Crippen LogP contribution in [0.5, 0.6) is 0 Å². The maximum atomic E-state index is 6.25. The van der Waals surface area contributed by atoms with Gasteiger partial charge >= 0.3 is 0 Å². The van der Waals surface area contributed by atoms with Gasteiger partial charge in [0.15, 0.2) is 4.33 Å². The number of hydrogen-bond donors (Lipinski definition) is 0. The van der Waals surface area contributed by atoms with Gasteiger partial charge in [0.2, 0.25) is 0 Å². The Labute approximate surface area is 88.2 Å². The molecule has 0 heterocycles. The molecule has 0 aromatic heterocycles. The third-order valence-electron chi connectivity index (χ3n) is 2.70. The smallest absolute Gasteiger partial charge is 0.0913 e. The molecule has 0 atom stereocenters. The van der Waals surface area contributed by atoms with Crippen LogP contribution in [-0.4, -0.2) is 0 Å². The van der Waals surface area contributed by atoms with E-state index in [9.17, 15) is 0 Å². The Bertz CT molecular complexity index is 389. The van der Waals surface area contributed by atoms with E-state index < -0.39 is 4.33 Å². The average molecular weight is 213 g/mol. The van der Waals surface area contributed by atoms with Crippen LogP contribution in [0.1, 0.15) is 25.0 Å². The highest BCUT2D eigenvalue weighted by atomic mass is 35.5. The Morgan fingerprint density at radius 2 is 1.69 bits per heavy atom. The quantitative estimate of drug-likeness (QED) is 0.568. The minimum Gasteiger partial charge on any atom is -0.0913 e. The second kappa shape index (κ2) is 2.76. The summed E-state index contributed by atoms with van der Waals surface area (Å²) >= 11 is 12.5. The van der Waals surface area contributed by atoms with Crippen molar-refractivity contribution in [1.29, 1.82) is 0 Å². The number of allylic oxidation sites excluding steroid dienone is 2. The average Bonchev–Trinajstić information content (AvgIpc) is 2.30. The lowest BCUT2D eigenvalue weighted by Crippen LogP contribution is -2.07. The number of benzene rings is 1. The first-order valence-corrected chi connectivity index (χ1v) is 4.96. The van der Waals surface area contributed by atoms with Gasteiger partial charge in [-0.2, -0.15) is 0 Å². The van der Waals surface area contributed by atoms with Gasteiger partial charge in [-0.3, -0.25) is 0 Å². The summed E-state index contributed by atoms with van der Waals surface area (Å²) < 4.78 is -0.819. The van der Waals surface area contributed by atoms with Gasteiger partial charge in [-0.25, -0.2) is 0 Å². The van der Waals surface area contributed by atoms with E-state index >= 15 is 0 Å².